The molecule has 0 saturated heterocycles. The molecular formula is C29H42N6O. The van der Waals surface area contributed by atoms with Crippen molar-refractivity contribution in [2.45, 2.75) is 122 Å². The van der Waals surface area contributed by atoms with Crippen molar-refractivity contribution in [3.05, 3.63) is 51.1 Å². The second-order valence-corrected chi connectivity index (χ2v) is 11.1. The fraction of sp³-hybridized carbons (Fsp3) is 0.655. The summed E-state index contributed by atoms with van der Waals surface area (Å²) in [5.41, 5.74) is 4.18. The predicted molar refractivity (Wildman–Crippen MR) is 144 cm³/mol. The number of aromatic nitrogens is 5. The van der Waals surface area contributed by atoms with Crippen LogP contribution >= 0.6 is 0 Å². The summed E-state index contributed by atoms with van der Waals surface area (Å²) >= 11 is 0. The molecule has 1 unspecified atom stereocenters. The van der Waals surface area contributed by atoms with Gasteiger partial charge in [-0.05, 0) is 79.0 Å². The van der Waals surface area contributed by atoms with E-state index in [9.17, 15) is 4.79 Å². The van der Waals surface area contributed by atoms with Gasteiger partial charge in [-0.2, -0.15) is 0 Å². The molecule has 0 amide bonds. The van der Waals surface area contributed by atoms with Crippen LogP contribution in [0.2, 0.25) is 0 Å². The van der Waals surface area contributed by atoms with Crippen LogP contribution in [0.1, 0.15) is 119 Å². The van der Waals surface area contributed by atoms with Crippen LogP contribution in [0, 0.1) is 13.8 Å². The van der Waals surface area contributed by atoms with Crippen LogP contribution in [-0.2, 0) is 6.54 Å². The van der Waals surface area contributed by atoms with Gasteiger partial charge in [0.05, 0.1) is 17.6 Å². The first-order valence-corrected chi connectivity index (χ1v) is 14.2. The van der Waals surface area contributed by atoms with Crippen LogP contribution in [0.3, 0.4) is 0 Å². The molecule has 5 rings (SSSR count). The first-order valence-electron chi connectivity index (χ1n) is 14.2. The number of aryl methyl sites for hydroxylation is 2. The molecule has 0 spiro atoms. The number of hydrogen-bond acceptors (Lipinski definition) is 5. The summed E-state index contributed by atoms with van der Waals surface area (Å²) in [6.07, 6.45) is 14.3. The Balaban J connectivity index is 1.54. The van der Waals surface area contributed by atoms with Crippen molar-refractivity contribution in [3.63, 3.8) is 0 Å². The molecule has 0 radical (unpaired) electrons. The minimum atomic E-state index is 0.0270. The number of rotatable bonds is 8. The number of hydrogen-bond donors (Lipinski definition) is 1. The van der Waals surface area contributed by atoms with Crippen molar-refractivity contribution in [2.24, 2.45) is 0 Å². The van der Waals surface area contributed by atoms with Gasteiger partial charge in [0.25, 0.3) is 5.56 Å². The maximum atomic E-state index is 13.4. The Bertz CT molecular complexity index is 1220. The number of H-pyrrole nitrogens is 1. The van der Waals surface area contributed by atoms with Gasteiger partial charge in [0.2, 0.25) is 0 Å². The van der Waals surface area contributed by atoms with Crippen molar-refractivity contribution in [1.82, 2.24) is 30.1 Å². The van der Waals surface area contributed by atoms with Gasteiger partial charge in [0.15, 0.2) is 5.82 Å². The Labute approximate surface area is 214 Å². The quantitative estimate of drug-likeness (QED) is 0.400. The highest BCUT2D eigenvalue weighted by Crippen LogP contribution is 2.36. The van der Waals surface area contributed by atoms with Gasteiger partial charge >= 0.3 is 0 Å². The lowest BCUT2D eigenvalue weighted by molar-refractivity contribution is 0.0789. The lowest BCUT2D eigenvalue weighted by atomic mass is 9.91. The van der Waals surface area contributed by atoms with E-state index in [2.05, 4.69) is 69.1 Å². The van der Waals surface area contributed by atoms with E-state index in [1.165, 1.54) is 56.9 Å². The minimum Gasteiger partial charge on any atom is -0.321 e. The summed E-state index contributed by atoms with van der Waals surface area (Å²) in [5, 5.41) is 14.4. The predicted octanol–water partition coefficient (Wildman–Crippen LogP) is 6.31. The van der Waals surface area contributed by atoms with E-state index >= 15 is 0 Å². The summed E-state index contributed by atoms with van der Waals surface area (Å²) in [7, 11) is 0. The molecule has 1 N–H and O–H groups in total. The zero-order valence-corrected chi connectivity index (χ0v) is 22.3. The van der Waals surface area contributed by atoms with E-state index < -0.39 is 0 Å². The highest BCUT2D eigenvalue weighted by atomic mass is 16.1. The summed E-state index contributed by atoms with van der Waals surface area (Å²) in [6, 6.07) is 7.36. The molecule has 2 aliphatic rings. The number of nitrogens with one attached hydrogen (secondary N) is 1. The van der Waals surface area contributed by atoms with Crippen molar-refractivity contribution in [1.29, 1.82) is 0 Å². The molecule has 2 aliphatic carbocycles. The van der Waals surface area contributed by atoms with E-state index in [0.29, 0.717) is 18.6 Å². The fourth-order valence-corrected chi connectivity index (χ4v) is 6.51. The van der Waals surface area contributed by atoms with Crippen LogP contribution < -0.4 is 5.56 Å². The Morgan fingerprint density at radius 1 is 1.06 bits per heavy atom. The van der Waals surface area contributed by atoms with Gasteiger partial charge in [-0.15, -0.1) is 5.10 Å². The number of fused-ring (bicyclic) bond motifs is 1. The zero-order valence-electron chi connectivity index (χ0n) is 22.3. The molecule has 2 aromatic heterocycles. The van der Waals surface area contributed by atoms with Crippen molar-refractivity contribution in [2.75, 3.05) is 0 Å². The molecule has 1 atom stereocenters. The lowest BCUT2D eigenvalue weighted by Crippen LogP contribution is -2.41. The van der Waals surface area contributed by atoms with Gasteiger partial charge in [0, 0.05) is 18.2 Å². The van der Waals surface area contributed by atoms with Crippen LogP contribution in [-0.4, -0.2) is 36.1 Å². The third kappa shape index (κ3) is 5.13. The molecule has 0 aliphatic heterocycles. The summed E-state index contributed by atoms with van der Waals surface area (Å²) < 4.78 is 2.14. The van der Waals surface area contributed by atoms with Crippen molar-refractivity contribution >= 4 is 10.9 Å². The Hall–Kier alpha value is -2.54. The first kappa shape index (κ1) is 25.1. The molecule has 7 nitrogen and oxygen atoms in total. The number of nitrogens with zero attached hydrogens (tertiary/aromatic N) is 5. The van der Waals surface area contributed by atoms with Gasteiger partial charge in [-0.25, -0.2) is 4.68 Å². The highest BCUT2D eigenvalue weighted by Gasteiger charge is 2.34. The summed E-state index contributed by atoms with van der Waals surface area (Å²) in [4.78, 5) is 19.2. The maximum absolute atomic E-state index is 13.4. The Morgan fingerprint density at radius 3 is 2.50 bits per heavy atom. The molecule has 36 heavy (non-hydrogen) atoms. The van der Waals surface area contributed by atoms with Crippen LogP contribution in [0.4, 0.5) is 0 Å². The van der Waals surface area contributed by atoms with Gasteiger partial charge in [-0.1, -0.05) is 64.0 Å². The van der Waals surface area contributed by atoms with Gasteiger partial charge < -0.3 is 4.98 Å². The number of benzene rings is 1. The summed E-state index contributed by atoms with van der Waals surface area (Å²) in [6.45, 7) is 7.06. The van der Waals surface area contributed by atoms with Gasteiger partial charge in [-0.3, -0.25) is 9.69 Å². The van der Waals surface area contributed by atoms with E-state index in [1.54, 1.807) is 0 Å². The minimum absolute atomic E-state index is 0.0270. The summed E-state index contributed by atoms with van der Waals surface area (Å²) in [5.74, 6) is 0.998. The van der Waals surface area contributed by atoms with E-state index in [0.717, 1.165) is 53.5 Å². The van der Waals surface area contributed by atoms with Crippen molar-refractivity contribution < 1.29 is 0 Å². The average molecular weight is 491 g/mol. The first-order chi connectivity index (χ1) is 17.6. The monoisotopic (exact) mass is 490 g/mol. The maximum Gasteiger partial charge on any atom is 0.252 e. The lowest BCUT2D eigenvalue weighted by Gasteiger charge is -2.40. The van der Waals surface area contributed by atoms with E-state index in [4.69, 9.17) is 0 Å². The Kier molecular flexibility index (Phi) is 7.85. The van der Waals surface area contributed by atoms with Crippen molar-refractivity contribution in [3.8, 4) is 0 Å². The third-order valence-corrected chi connectivity index (χ3v) is 8.72. The highest BCUT2D eigenvalue weighted by molar-refractivity contribution is 5.83. The molecule has 0 bridgehead atoms. The smallest absolute Gasteiger partial charge is 0.252 e. The second kappa shape index (κ2) is 11.2. The standard InChI is InChI=1S/C29H42N6O/c1-4-11-26(28-31-32-33-35(28)25-14-9-6-10-15-25)34(24-12-7-5-8-13-24)19-23-18-22-17-16-20(2)21(3)27(22)30-29(23)36/h16-18,24-26H,4-15,19H2,1-3H3,(H,30,36). The van der Waals surface area contributed by atoms with Crippen LogP contribution in [0.15, 0.2) is 23.0 Å². The molecule has 3 aromatic rings. The van der Waals surface area contributed by atoms with Gasteiger partial charge in [0.1, 0.15) is 0 Å². The zero-order chi connectivity index (χ0) is 25.1. The number of tetrazole rings is 1. The Morgan fingerprint density at radius 2 is 1.78 bits per heavy atom. The van der Waals surface area contributed by atoms with Crippen LogP contribution in [0.25, 0.3) is 10.9 Å². The molecule has 7 heteroatoms. The normalized spacial score (nSPS) is 18.8. The molecule has 2 fully saturated rings. The third-order valence-electron chi connectivity index (χ3n) is 8.72. The largest absolute Gasteiger partial charge is 0.321 e. The van der Waals surface area contributed by atoms with E-state index in [1.807, 2.05) is 0 Å². The second-order valence-electron chi connectivity index (χ2n) is 11.1. The fourth-order valence-electron chi connectivity index (χ4n) is 6.51. The molecule has 194 valence electrons. The average Bonchev–Trinajstić information content (AvgIpc) is 3.40. The molecule has 1 aromatic carbocycles. The number of pyridine rings is 1. The molecule has 2 heterocycles. The van der Waals surface area contributed by atoms with Crippen LogP contribution in [0.5, 0.6) is 0 Å². The molecule has 2 saturated carbocycles. The van der Waals surface area contributed by atoms with E-state index in [-0.39, 0.29) is 11.6 Å². The molecular weight excluding hydrogens is 448 g/mol. The number of aromatic amines is 1. The topological polar surface area (TPSA) is 79.7 Å². The SMILES string of the molecule is CCCC(c1nnnn1C1CCCCC1)N(Cc1cc2ccc(C)c(C)c2[nH]c1=O)C1CCCCC1.